The Hall–Kier alpha value is -3.36. The van der Waals surface area contributed by atoms with E-state index in [1.165, 1.54) is 19.1 Å². The van der Waals surface area contributed by atoms with Gasteiger partial charge in [0.1, 0.15) is 12.1 Å². The van der Waals surface area contributed by atoms with Gasteiger partial charge in [0.05, 0.1) is 5.56 Å². The van der Waals surface area contributed by atoms with Crippen molar-refractivity contribution in [2.75, 3.05) is 11.9 Å². The summed E-state index contributed by atoms with van der Waals surface area (Å²) in [6.07, 6.45) is -4.71. The van der Waals surface area contributed by atoms with Gasteiger partial charge in [-0.1, -0.05) is 36.4 Å². The van der Waals surface area contributed by atoms with Crippen LogP contribution in [0.5, 0.6) is 0 Å². The monoisotopic (exact) mass is 405 g/mol. The Bertz CT molecular complexity index is 990. The smallest absolute Gasteiger partial charge is 0.324 e. The van der Waals surface area contributed by atoms with Crippen LogP contribution in [0.3, 0.4) is 0 Å². The van der Waals surface area contributed by atoms with Crippen molar-refractivity contribution in [3.05, 3.63) is 65.2 Å². The largest absolute Gasteiger partial charge is 0.416 e. The topological polar surface area (TPSA) is 78.5 Å². The molecule has 0 aliphatic carbocycles. The molecule has 3 rings (SSSR count). The molecular weight excluding hydrogens is 387 g/mol. The molecule has 9 heteroatoms. The number of halogens is 3. The first-order chi connectivity index (χ1) is 13.5. The Balaban J connectivity index is 1.85. The number of rotatable bonds is 4. The summed E-state index contributed by atoms with van der Waals surface area (Å²) < 4.78 is 40.1. The first-order valence-corrected chi connectivity index (χ1v) is 8.70. The summed E-state index contributed by atoms with van der Waals surface area (Å²) >= 11 is 0. The molecule has 0 aromatic heterocycles. The molecule has 2 aromatic rings. The van der Waals surface area contributed by atoms with Crippen LogP contribution in [0, 0.1) is 6.92 Å². The fourth-order valence-corrected chi connectivity index (χ4v) is 3.24. The van der Waals surface area contributed by atoms with Crippen LogP contribution >= 0.6 is 0 Å². The number of urea groups is 1. The lowest BCUT2D eigenvalue weighted by Gasteiger charge is -2.25. The molecule has 152 valence electrons. The van der Waals surface area contributed by atoms with Gasteiger partial charge >= 0.3 is 12.2 Å². The molecule has 0 radical (unpaired) electrons. The molecule has 29 heavy (non-hydrogen) atoms. The Morgan fingerprint density at radius 2 is 1.72 bits per heavy atom. The van der Waals surface area contributed by atoms with Crippen LogP contribution in [0.4, 0.5) is 23.7 Å². The molecule has 0 bridgehead atoms. The number of carbonyl (C=O) groups excluding carboxylic acids is 3. The Kier molecular flexibility index (Phi) is 5.08. The van der Waals surface area contributed by atoms with Crippen molar-refractivity contribution in [2.45, 2.75) is 25.6 Å². The minimum Gasteiger partial charge on any atom is -0.324 e. The van der Waals surface area contributed by atoms with Gasteiger partial charge in [-0.2, -0.15) is 13.2 Å². The number of para-hydroxylation sites is 1. The van der Waals surface area contributed by atoms with Gasteiger partial charge in [0.25, 0.3) is 5.91 Å². The summed E-state index contributed by atoms with van der Waals surface area (Å²) in [6, 6.07) is 10.5. The lowest BCUT2D eigenvalue weighted by atomic mass is 9.87. The second-order valence-electron chi connectivity index (χ2n) is 6.85. The standard InChI is InChI=1S/C20H18F3N3O3/c1-12-7-3-6-10-15(12)24-16(27)11-26-17(28)19(2,25-18(26)29)13-8-4-5-9-14(13)20(21,22)23/h3-10H,11H2,1-2H3,(H,24,27)(H,25,29)/t19-/m0/s1. The molecule has 1 aliphatic heterocycles. The van der Waals surface area contributed by atoms with Gasteiger partial charge in [0, 0.05) is 5.69 Å². The predicted molar refractivity (Wildman–Crippen MR) is 98.8 cm³/mol. The average molecular weight is 405 g/mol. The highest BCUT2D eigenvalue weighted by Gasteiger charge is 2.52. The summed E-state index contributed by atoms with van der Waals surface area (Å²) in [5, 5.41) is 4.89. The summed E-state index contributed by atoms with van der Waals surface area (Å²) in [5.41, 5.74) is -2.06. The van der Waals surface area contributed by atoms with Gasteiger partial charge in [-0.15, -0.1) is 0 Å². The van der Waals surface area contributed by atoms with E-state index >= 15 is 0 Å². The number of carbonyl (C=O) groups is 3. The maximum absolute atomic E-state index is 13.4. The van der Waals surface area contributed by atoms with Crippen LogP contribution in [0.2, 0.25) is 0 Å². The third-order valence-corrected chi connectivity index (χ3v) is 4.77. The second kappa shape index (κ2) is 7.23. The average Bonchev–Trinajstić information content (AvgIpc) is 2.87. The van der Waals surface area contributed by atoms with E-state index in [-0.39, 0.29) is 5.56 Å². The van der Waals surface area contributed by atoms with Crippen molar-refractivity contribution in [1.29, 1.82) is 0 Å². The van der Waals surface area contributed by atoms with Crippen molar-refractivity contribution in [3.63, 3.8) is 0 Å². The molecule has 0 saturated carbocycles. The number of alkyl halides is 3. The van der Waals surface area contributed by atoms with E-state index in [1.54, 1.807) is 31.2 Å². The molecule has 4 amide bonds. The van der Waals surface area contributed by atoms with Crippen molar-refractivity contribution >= 4 is 23.5 Å². The van der Waals surface area contributed by atoms with Crippen molar-refractivity contribution in [1.82, 2.24) is 10.2 Å². The van der Waals surface area contributed by atoms with Crippen LogP contribution in [0.15, 0.2) is 48.5 Å². The Labute approximate surface area is 164 Å². The van der Waals surface area contributed by atoms with Crippen LogP contribution in [0.25, 0.3) is 0 Å². The maximum Gasteiger partial charge on any atom is 0.416 e. The van der Waals surface area contributed by atoms with Crippen LogP contribution < -0.4 is 10.6 Å². The number of nitrogens with zero attached hydrogens (tertiary/aromatic N) is 1. The van der Waals surface area contributed by atoms with Gasteiger partial charge in [-0.25, -0.2) is 4.79 Å². The van der Waals surface area contributed by atoms with Gasteiger partial charge in [0.2, 0.25) is 5.91 Å². The maximum atomic E-state index is 13.4. The number of hydrogen-bond donors (Lipinski definition) is 2. The second-order valence-corrected chi connectivity index (χ2v) is 6.85. The number of hydrogen-bond acceptors (Lipinski definition) is 3. The molecule has 1 atom stereocenters. The van der Waals surface area contributed by atoms with Crippen molar-refractivity contribution < 1.29 is 27.6 Å². The lowest BCUT2D eigenvalue weighted by Crippen LogP contribution is -2.43. The number of aryl methyl sites for hydroxylation is 1. The van der Waals surface area contributed by atoms with Gasteiger partial charge < -0.3 is 10.6 Å². The highest BCUT2D eigenvalue weighted by atomic mass is 19.4. The van der Waals surface area contributed by atoms with E-state index in [1.807, 2.05) is 0 Å². The van der Waals surface area contributed by atoms with Gasteiger partial charge in [0.15, 0.2) is 0 Å². The number of nitrogens with one attached hydrogen (secondary N) is 2. The number of anilines is 1. The number of amides is 4. The summed E-state index contributed by atoms with van der Waals surface area (Å²) in [7, 11) is 0. The molecule has 2 N–H and O–H groups in total. The molecule has 0 spiro atoms. The van der Waals surface area contributed by atoms with E-state index in [0.717, 1.165) is 17.7 Å². The normalized spacial score (nSPS) is 19.3. The molecule has 1 fully saturated rings. The van der Waals surface area contributed by atoms with E-state index in [9.17, 15) is 27.6 Å². The number of benzene rings is 2. The number of imide groups is 1. The first kappa shape index (κ1) is 20.4. The van der Waals surface area contributed by atoms with Crippen molar-refractivity contribution in [3.8, 4) is 0 Å². The molecule has 1 aliphatic rings. The van der Waals surface area contributed by atoms with E-state index in [0.29, 0.717) is 10.6 Å². The van der Waals surface area contributed by atoms with E-state index < -0.39 is 41.7 Å². The summed E-state index contributed by atoms with van der Waals surface area (Å²) in [5.74, 6) is -1.57. The molecule has 6 nitrogen and oxygen atoms in total. The molecular formula is C20H18F3N3O3. The van der Waals surface area contributed by atoms with Crippen LogP contribution in [-0.4, -0.2) is 29.3 Å². The van der Waals surface area contributed by atoms with Crippen LogP contribution in [-0.2, 0) is 21.3 Å². The van der Waals surface area contributed by atoms with E-state index in [2.05, 4.69) is 10.6 Å². The van der Waals surface area contributed by atoms with Gasteiger partial charge in [-0.3, -0.25) is 14.5 Å². The zero-order valence-corrected chi connectivity index (χ0v) is 15.6. The fourth-order valence-electron chi connectivity index (χ4n) is 3.24. The first-order valence-electron chi connectivity index (χ1n) is 8.70. The third-order valence-electron chi connectivity index (χ3n) is 4.77. The van der Waals surface area contributed by atoms with E-state index in [4.69, 9.17) is 0 Å². The van der Waals surface area contributed by atoms with Crippen LogP contribution in [0.1, 0.15) is 23.6 Å². The highest BCUT2D eigenvalue weighted by molar-refractivity contribution is 6.10. The molecule has 1 saturated heterocycles. The molecule has 2 aromatic carbocycles. The van der Waals surface area contributed by atoms with Crippen molar-refractivity contribution in [2.24, 2.45) is 0 Å². The summed E-state index contributed by atoms with van der Waals surface area (Å²) in [6.45, 7) is 2.34. The zero-order valence-electron chi connectivity index (χ0n) is 15.6. The SMILES string of the molecule is Cc1ccccc1NC(=O)CN1C(=O)N[C@@](C)(c2ccccc2C(F)(F)F)C1=O. The zero-order chi connectivity index (χ0) is 21.4. The van der Waals surface area contributed by atoms with Gasteiger partial charge in [-0.05, 0) is 37.1 Å². The Morgan fingerprint density at radius 1 is 1.10 bits per heavy atom. The Morgan fingerprint density at radius 3 is 2.38 bits per heavy atom. The highest BCUT2D eigenvalue weighted by Crippen LogP contribution is 2.39. The molecule has 1 heterocycles. The lowest BCUT2D eigenvalue weighted by molar-refractivity contribution is -0.140. The summed E-state index contributed by atoms with van der Waals surface area (Å²) in [4.78, 5) is 38.1. The minimum atomic E-state index is -4.71. The predicted octanol–water partition coefficient (Wildman–Crippen LogP) is 3.42. The molecule has 0 unspecified atom stereocenters. The third kappa shape index (κ3) is 3.80. The fraction of sp³-hybridized carbons (Fsp3) is 0.250. The minimum absolute atomic E-state index is 0.382. The quantitative estimate of drug-likeness (QED) is 0.766.